The molecule has 0 aliphatic heterocycles. The average Bonchev–Trinajstić information content (AvgIpc) is 2.89. The van der Waals surface area contributed by atoms with Crippen molar-refractivity contribution in [3.8, 4) is 11.1 Å². The van der Waals surface area contributed by atoms with Crippen LogP contribution in [-0.2, 0) is 20.9 Å². The molecule has 0 atom stereocenters. The minimum Gasteiger partial charge on any atom is -0.455 e. The first-order chi connectivity index (χ1) is 17.4. The van der Waals surface area contributed by atoms with E-state index in [1.165, 1.54) is 11.8 Å². The number of amides is 1. The molecule has 1 N–H and O–H groups in total. The monoisotopic (exact) mass is 535 g/mol. The summed E-state index contributed by atoms with van der Waals surface area (Å²) in [6.07, 6.45) is 0. The molecule has 4 aromatic rings. The number of halogens is 2. The van der Waals surface area contributed by atoms with Crippen LogP contribution in [0.1, 0.15) is 21.5 Å². The van der Waals surface area contributed by atoms with Crippen LogP contribution in [0.15, 0.2) is 77.7 Å². The van der Waals surface area contributed by atoms with Crippen molar-refractivity contribution >= 4 is 63.4 Å². The maximum Gasteiger partial charge on any atom is 0.316 e. The smallest absolute Gasteiger partial charge is 0.316 e. The molecule has 8 heteroatoms. The number of nitrogens with one attached hydrogen (secondary N) is 1. The Kier molecular flexibility index (Phi) is 7.01. The van der Waals surface area contributed by atoms with E-state index in [9.17, 15) is 14.4 Å². The van der Waals surface area contributed by atoms with Crippen molar-refractivity contribution in [3.63, 3.8) is 0 Å². The molecule has 0 fully saturated rings. The first kappa shape index (κ1) is 24.4. The molecular formula is C28H19Cl2NO4S. The maximum atomic E-state index is 13.1. The highest BCUT2D eigenvalue weighted by molar-refractivity contribution is 8.00. The number of hydrogen-bond acceptors (Lipinski definition) is 5. The summed E-state index contributed by atoms with van der Waals surface area (Å²) >= 11 is 13.3. The first-order valence-electron chi connectivity index (χ1n) is 11.1. The maximum absolute atomic E-state index is 13.1. The highest BCUT2D eigenvalue weighted by atomic mass is 35.5. The van der Waals surface area contributed by atoms with E-state index in [1.807, 2.05) is 54.6 Å². The molecule has 4 aromatic carbocycles. The molecule has 36 heavy (non-hydrogen) atoms. The van der Waals surface area contributed by atoms with E-state index in [4.69, 9.17) is 27.9 Å². The Morgan fingerprint density at radius 1 is 0.861 bits per heavy atom. The molecule has 1 aliphatic rings. The molecule has 0 bridgehead atoms. The Hall–Kier alpha value is -3.32. The highest BCUT2D eigenvalue weighted by Gasteiger charge is 2.25. The second kappa shape index (κ2) is 10.3. The van der Waals surface area contributed by atoms with Crippen LogP contribution in [0.2, 0.25) is 10.0 Å². The van der Waals surface area contributed by atoms with Crippen molar-refractivity contribution in [3.05, 3.63) is 99.5 Å². The molecule has 5 rings (SSSR count). The number of hydrogen-bond donors (Lipinski definition) is 1. The largest absolute Gasteiger partial charge is 0.455 e. The van der Waals surface area contributed by atoms with Crippen molar-refractivity contribution in [2.75, 3.05) is 12.4 Å². The number of thioether (sulfide) groups is 1. The highest BCUT2D eigenvalue weighted by Crippen LogP contribution is 2.42. The van der Waals surface area contributed by atoms with Gasteiger partial charge in [0.15, 0.2) is 12.4 Å². The lowest BCUT2D eigenvalue weighted by atomic mass is 9.83. The molecule has 0 saturated heterocycles. The minimum atomic E-state index is -0.512. The van der Waals surface area contributed by atoms with Gasteiger partial charge in [-0.2, -0.15) is 0 Å². The van der Waals surface area contributed by atoms with Gasteiger partial charge in [0.25, 0.3) is 5.91 Å². The predicted molar refractivity (Wildman–Crippen MR) is 143 cm³/mol. The number of benzene rings is 4. The van der Waals surface area contributed by atoms with Gasteiger partial charge in [0.2, 0.25) is 0 Å². The van der Waals surface area contributed by atoms with E-state index in [0.717, 1.165) is 26.8 Å². The summed E-state index contributed by atoms with van der Waals surface area (Å²) in [5, 5.41) is 5.42. The standard InChI is InChI=1S/C28H19Cl2NO4S/c29-17-9-8-16(23(30)12-17)13-31-25(32)14-35-26(33)15-36-24-11-10-19-18-4-1-2-5-20(18)28(34)22-7-3-6-21(24)27(19)22/h1-12H,13-15H2,(H,31,32). The van der Waals surface area contributed by atoms with Gasteiger partial charge in [0.1, 0.15) is 0 Å². The van der Waals surface area contributed by atoms with Crippen LogP contribution < -0.4 is 5.32 Å². The molecule has 0 saturated carbocycles. The lowest BCUT2D eigenvalue weighted by Crippen LogP contribution is -2.28. The second-order valence-corrected chi connectivity index (χ2v) is 10.0. The molecule has 5 nitrogen and oxygen atoms in total. The third-order valence-electron chi connectivity index (χ3n) is 5.91. The summed E-state index contributed by atoms with van der Waals surface area (Å²) in [5.41, 5.74) is 3.97. The van der Waals surface area contributed by atoms with Gasteiger partial charge in [0.05, 0.1) is 5.75 Å². The third-order valence-corrected chi connectivity index (χ3v) is 7.54. The molecule has 0 aromatic heterocycles. The molecule has 1 amide bonds. The number of rotatable bonds is 7. The van der Waals surface area contributed by atoms with E-state index in [1.54, 1.807) is 18.2 Å². The summed E-state index contributed by atoms with van der Waals surface area (Å²) < 4.78 is 5.14. The molecule has 0 heterocycles. The quantitative estimate of drug-likeness (QED) is 0.195. The topological polar surface area (TPSA) is 72.5 Å². The van der Waals surface area contributed by atoms with Gasteiger partial charge >= 0.3 is 5.97 Å². The fourth-order valence-electron chi connectivity index (χ4n) is 4.21. The first-order valence-corrected chi connectivity index (χ1v) is 12.9. The van der Waals surface area contributed by atoms with E-state index >= 15 is 0 Å². The number of carbonyl (C=O) groups is 3. The van der Waals surface area contributed by atoms with Crippen molar-refractivity contribution in [1.82, 2.24) is 5.32 Å². The van der Waals surface area contributed by atoms with Crippen LogP contribution in [0, 0.1) is 0 Å². The fraction of sp³-hybridized carbons (Fsp3) is 0.107. The molecule has 0 unspecified atom stereocenters. The molecule has 0 spiro atoms. The van der Waals surface area contributed by atoms with E-state index < -0.39 is 11.9 Å². The molecule has 1 aliphatic carbocycles. The zero-order chi connectivity index (χ0) is 25.2. The van der Waals surface area contributed by atoms with Gasteiger partial charge in [-0.3, -0.25) is 14.4 Å². The lowest BCUT2D eigenvalue weighted by Gasteiger charge is -2.21. The zero-order valence-corrected chi connectivity index (χ0v) is 21.2. The van der Waals surface area contributed by atoms with Crippen LogP contribution in [0.3, 0.4) is 0 Å². The van der Waals surface area contributed by atoms with E-state index in [2.05, 4.69) is 5.32 Å². The SMILES string of the molecule is O=C(COC(=O)CSc1ccc2c3c(cccc13)C(=O)c1ccccc1-2)NCc1ccc(Cl)cc1Cl. The van der Waals surface area contributed by atoms with Crippen LogP contribution >= 0.6 is 35.0 Å². The minimum absolute atomic E-state index is 0.00356. The summed E-state index contributed by atoms with van der Waals surface area (Å²) in [7, 11) is 0. The molecule has 180 valence electrons. The average molecular weight is 536 g/mol. The normalized spacial score (nSPS) is 11.8. The number of fused-ring (bicyclic) bond motifs is 2. The zero-order valence-electron chi connectivity index (χ0n) is 18.8. The Morgan fingerprint density at radius 3 is 2.44 bits per heavy atom. The van der Waals surface area contributed by atoms with Gasteiger partial charge in [0, 0.05) is 38.0 Å². The van der Waals surface area contributed by atoms with Crippen LogP contribution in [0.5, 0.6) is 0 Å². The fourth-order valence-corrected chi connectivity index (χ4v) is 5.54. The van der Waals surface area contributed by atoms with E-state index in [-0.39, 0.29) is 24.7 Å². The van der Waals surface area contributed by atoms with Gasteiger partial charge in [-0.25, -0.2) is 0 Å². The second-order valence-electron chi connectivity index (χ2n) is 8.18. The summed E-state index contributed by atoms with van der Waals surface area (Å²) in [4.78, 5) is 38.4. The Bertz CT molecular complexity index is 1540. The van der Waals surface area contributed by atoms with Gasteiger partial charge < -0.3 is 10.1 Å². The lowest BCUT2D eigenvalue weighted by molar-refractivity contribution is -0.145. The van der Waals surface area contributed by atoms with Crippen LogP contribution in [0.4, 0.5) is 0 Å². The van der Waals surface area contributed by atoms with Crippen molar-refractivity contribution < 1.29 is 19.1 Å². The van der Waals surface area contributed by atoms with Gasteiger partial charge in [-0.05, 0) is 40.3 Å². The number of esters is 1. The van der Waals surface area contributed by atoms with Gasteiger partial charge in [-0.15, -0.1) is 11.8 Å². The summed E-state index contributed by atoms with van der Waals surface area (Å²) in [5.74, 6) is -0.921. The Morgan fingerprint density at radius 2 is 1.64 bits per heavy atom. The summed E-state index contributed by atoms with van der Waals surface area (Å²) in [6.45, 7) is -0.191. The number of carbonyl (C=O) groups excluding carboxylic acids is 3. The van der Waals surface area contributed by atoms with E-state index in [0.29, 0.717) is 26.7 Å². The predicted octanol–water partition coefficient (Wildman–Crippen LogP) is 6.31. The Labute approximate surface area is 221 Å². The van der Waals surface area contributed by atoms with Crippen LogP contribution in [0.25, 0.3) is 21.9 Å². The Balaban J connectivity index is 1.22. The number of ether oxygens (including phenoxy) is 1. The van der Waals surface area contributed by atoms with Crippen LogP contribution in [-0.4, -0.2) is 30.0 Å². The third kappa shape index (κ3) is 4.85. The number of ketones is 1. The van der Waals surface area contributed by atoms with Crippen molar-refractivity contribution in [2.24, 2.45) is 0 Å². The van der Waals surface area contributed by atoms with Gasteiger partial charge in [-0.1, -0.05) is 77.8 Å². The molecular weight excluding hydrogens is 517 g/mol. The summed E-state index contributed by atoms with van der Waals surface area (Å²) in [6, 6.07) is 22.2. The molecule has 0 radical (unpaired) electrons. The van der Waals surface area contributed by atoms with Crippen molar-refractivity contribution in [2.45, 2.75) is 11.4 Å². The van der Waals surface area contributed by atoms with Crippen molar-refractivity contribution in [1.29, 1.82) is 0 Å².